The number of rotatable bonds is 2. The average molecular weight is 347 g/mol. The van der Waals surface area contributed by atoms with E-state index >= 15 is 0 Å². The van der Waals surface area contributed by atoms with Crippen LogP contribution in [-0.2, 0) is 19.1 Å². The number of H-pyrrole nitrogens is 1. The second kappa shape index (κ2) is 5.41. The summed E-state index contributed by atoms with van der Waals surface area (Å²) in [6.45, 7) is 0.728. The van der Waals surface area contributed by atoms with Gasteiger partial charge in [-0.05, 0) is 6.07 Å². The van der Waals surface area contributed by atoms with Gasteiger partial charge in [0.2, 0.25) is 0 Å². The molecule has 3 rings (SSSR count). The van der Waals surface area contributed by atoms with E-state index in [0.29, 0.717) is 25.6 Å². The molecular formula is C13H10ClF3N4O2. The topological polar surface area (TPSA) is 75.1 Å². The second-order valence-electron chi connectivity index (χ2n) is 5.12. The van der Waals surface area contributed by atoms with E-state index < -0.39 is 27.4 Å². The first-order valence-corrected chi connectivity index (χ1v) is 6.96. The van der Waals surface area contributed by atoms with Gasteiger partial charge in [-0.15, -0.1) is 0 Å². The van der Waals surface area contributed by atoms with Crippen LogP contribution in [0.3, 0.4) is 0 Å². The van der Waals surface area contributed by atoms with Crippen LogP contribution in [0, 0.1) is 10.1 Å². The van der Waals surface area contributed by atoms with Crippen molar-refractivity contribution in [1.29, 1.82) is 0 Å². The summed E-state index contributed by atoms with van der Waals surface area (Å²) in [5, 5.41) is 17.4. The Morgan fingerprint density at radius 1 is 1.39 bits per heavy atom. The summed E-state index contributed by atoms with van der Waals surface area (Å²) < 4.78 is 38.7. The largest absolute Gasteiger partial charge is 0.418 e. The molecule has 0 spiro atoms. The third-order valence-corrected chi connectivity index (χ3v) is 4.02. The molecule has 1 aliphatic rings. The van der Waals surface area contributed by atoms with E-state index in [1.165, 1.54) is 0 Å². The molecule has 23 heavy (non-hydrogen) atoms. The van der Waals surface area contributed by atoms with Crippen LogP contribution in [0.4, 0.5) is 24.5 Å². The third-order valence-electron chi connectivity index (χ3n) is 3.71. The van der Waals surface area contributed by atoms with Crippen molar-refractivity contribution in [2.75, 3.05) is 11.4 Å². The Hall–Kier alpha value is -2.29. The molecule has 2 aromatic rings. The molecule has 0 aliphatic carbocycles. The fourth-order valence-electron chi connectivity index (χ4n) is 2.60. The predicted molar refractivity (Wildman–Crippen MR) is 76.5 cm³/mol. The number of nitro benzene ring substituents is 1. The van der Waals surface area contributed by atoms with E-state index in [0.717, 1.165) is 17.3 Å². The van der Waals surface area contributed by atoms with Crippen molar-refractivity contribution in [1.82, 2.24) is 10.2 Å². The SMILES string of the molecule is O=[N+]([O-])c1cc(C(F)(F)F)c(Cl)cc1N1CCc2[nH]ncc2C1. The van der Waals surface area contributed by atoms with Crippen LogP contribution >= 0.6 is 11.6 Å². The highest BCUT2D eigenvalue weighted by molar-refractivity contribution is 6.31. The van der Waals surface area contributed by atoms with E-state index in [2.05, 4.69) is 10.2 Å². The van der Waals surface area contributed by atoms with Gasteiger partial charge in [-0.2, -0.15) is 18.3 Å². The van der Waals surface area contributed by atoms with Crippen molar-refractivity contribution >= 4 is 23.0 Å². The number of nitro groups is 1. The number of fused-ring (bicyclic) bond motifs is 1. The van der Waals surface area contributed by atoms with Crippen LogP contribution in [0.1, 0.15) is 16.8 Å². The number of benzene rings is 1. The van der Waals surface area contributed by atoms with E-state index in [-0.39, 0.29) is 5.69 Å². The van der Waals surface area contributed by atoms with E-state index in [9.17, 15) is 23.3 Å². The lowest BCUT2D eigenvalue weighted by Gasteiger charge is -2.28. The summed E-state index contributed by atoms with van der Waals surface area (Å²) in [5.74, 6) is 0. The molecule has 1 aromatic carbocycles. The zero-order chi connectivity index (χ0) is 16.8. The van der Waals surface area contributed by atoms with E-state index in [1.54, 1.807) is 11.1 Å². The Kier molecular flexibility index (Phi) is 3.67. The van der Waals surface area contributed by atoms with Gasteiger partial charge >= 0.3 is 6.18 Å². The fraction of sp³-hybridized carbons (Fsp3) is 0.308. The Morgan fingerprint density at radius 3 is 2.78 bits per heavy atom. The van der Waals surface area contributed by atoms with Gasteiger partial charge in [0.1, 0.15) is 5.69 Å². The van der Waals surface area contributed by atoms with Crippen molar-refractivity contribution in [3.8, 4) is 0 Å². The molecule has 1 aliphatic heterocycles. The average Bonchev–Trinajstić information content (AvgIpc) is 2.92. The quantitative estimate of drug-likeness (QED) is 0.666. The highest BCUT2D eigenvalue weighted by atomic mass is 35.5. The summed E-state index contributed by atoms with van der Waals surface area (Å²) in [4.78, 5) is 12.0. The van der Waals surface area contributed by atoms with Gasteiger partial charge in [0, 0.05) is 36.8 Å². The third kappa shape index (κ3) is 2.83. The lowest BCUT2D eigenvalue weighted by Crippen LogP contribution is -2.30. The molecular weight excluding hydrogens is 337 g/mol. The Labute approximate surface area is 133 Å². The second-order valence-corrected chi connectivity index (χ2v) is 5.53. The number of nitrogens with one attached hydrogen (secondary N) is 1. The molecule has 0 atom stereocenters. The van der Waals surface area contributed by atoms with E-state index in [4.69, 9.17) is 11.6 Å². The van der Waals surface area contributed by atoms with Gasteiger partial charge in [-0.3, -0.25) is 15.2 Å². The number of aromatic nitrogens is 2. The molecule has 10 heteroatoms. The first-order valence-electron chi connectivity index (χ1n) is 6.58. The number of anilines is 1. The molecule has 2 heterocycles. The number of aromatic amines is 1. The Morgan fingerprint density at radius 2 is 2.13 bits per heavy atom. The van der Waals surface area contributed by atoms with E-state index in [1.807, 2.05) is 0 Å². The number of hydrogen-bond acceptors (Lipinski definition) is 4. The van der Waals surface area contributed by atoms with Crippen LogP contribution in [-0.4, -0.2) is 21.7 Å². The lowest BCUT2D eigenvalue weighted by molar-refractivity contribution is -0.384. The molecule has 6 nitrogen and oxygen atoms in total. The number of nitrogens with zero attached hydrogens (tertiary/aromatic N) is 3. The predicted octanol–water partition coefficient (Wildman–Crippen LogP) is 3.55. The molecule has 0 radical (unpaired) electrons. The zero-order valence-corrected chi connectivity index (χ0v) is 12.3. The molecule has 0 fully saturated rings. The Balaban J connectivity index is 2.06. The minimum absolute atomic E-state index is 0.0693. The summed E-state index contributed by atoms with van der Waals surface area (Å²) >= 11 is 5.70. The molecule has 0 unspecified atom stereocenters. The number of alkyl halides is 3. The highest BCUT2D eigenvalue weighted by Gasteiger charge is 2.37. The lowest BCUT2D eigenvalue weighted by atomic mass is 10.1. The minimum Gasteiger partial charge on any atom is -0.361 e. The number of hydrogen-bond donors (Lipinski definition) is 1. The molecule has 1 aromatic heterocycles. The zero-order valence-electron chi connectivity index (χ0n) is 11.5. The molecule has 0 saturated carbocycles. The van der Waals surface area contributed by atoms with Crippen LogP contribution in [0.5, 0.6) is 0 Å². The van der Waals surface area contributed by atoms with Crippen LogP contribution in [0.25, 0.3) is 0 Å². The van der Waals surface area contributed by atoms with Gasteiger partial charge in [0.05, 0.1) is 21.7 Å². The van der Waals surface area contributed by atoms with Crippen molar-refractivity contribution < 1.29 is 18.1 Å². The summed E-state index contributed by atoms with van der Waals surface area (Å²) in [5.41, 5.74) is 0.00706. The van der Waals surface area contributed by atoms with Crippen LogP contribution < -0.4 is 4.90 Å². The summed E-state index contributed by atoms with van der Waals surface area (Å²) in [7, 11) is 0. The van der Waals surface area contributed by atoms with Crippen LogP contribution in [0.15, 0.2) is 18.3 Å². The van der Waals surface area contributed by atoms with Crippen LogP contribution in [0.2, 0.25) is 5.02 Å². The van der Waals surface area contributed by atoms with Crippen molar-refractivity contribution in [3.05, 3.63) is 50.3 Å². The molecule has 1 N–H and O–H groups in total. The number of halogens is 4. The molecule has 0 amide bonds. The van der Waals surface area contributed by atoms with Crippen molar-refractivity contribution in [2.24, 2.45) is 0 Å². The molecule has 0 bridgehead atoms. The highest BCUT2D eigenvalue weighted by Crippen LogP contribution is 2.42. The first-order chi connectivity index (χ1) is 10.8. The van der Waals surface area contributed by atoms with Gasteiger partial charge in [0.15, 0.2) is 0 Å². The van der Waals surface area contributed by atoms with Gasteiger partial charge in [-0.25, -0.2) is 0 Å². The minimum atomic E-state index is -4.75. The van der Waals surface area contributed by atoms with Crippen molar-refractivity contribution in [2.45, 2.75) is 19.1 Å². The maximum absolute atomic E-state index is 12.9. The summed E-state index contributed by atoms with van der Waals surface area (Å²) in [6, 6.07) is 1.50. The standard InChI is InChI=1S/C13H10ClF3N4O2/c14-9-4-11(12(21(22)23)3-8(9)13(15,16)17)20-2-1-10-7(6-20)5-18-19-10/h3-5H,1-2,6H2,(H,18,19). The van der Waals surface area contributed by atoms with Gasteiger partial charge < -0.3 is 4.90 Å². The normalized spacial score (nSPS) is 14.7. The molecule has 122 valence electrons. The smallest absolute Gasteiger partial charge is 0.361 e. The maximum atomic E-state index is 12.9. The van der Waals surface area contributed by atoms with Gasteiger partial charge in [-0.1, -0.05) is 11.6 Å². The molecule has 0 saturated heterocycles. The maximum Gasteiger partial charge on any atom is 0.418 e. The van der Waals surface area contributed by atoms with Crippen molar-refractivity contribution in [3.63, 3.8) is 0 Å². The summed E-state index contributed by atoms with van der Waals surface area (Å²) in [6.07, 6.45) is -2.59. The Bertz CT molecular complexity index is 775. The van der Waals surface area contributed by atoms with Gasteiger partial charge in [0.25, 0.3) is 5.69 Å². The fourth-order valence-corrected chi connectivity index (χ4v) is 2.86. The monoisotopic (exact) mass is 346 g/mol. The first kappa shape index (κ1) is 15.6.